The number of fused-ring (bicyclic) bond motifs is 1. The molecule has 104 valence electrons. The minimum Gasteiger partial charge on any atom is -0.508 e. The molecule has 4 nitrogen and oxygen atoms in total. The number of hydrogen-bond donors (Lipinski definition) is 2. The van der Waals surface area contributed by atoms with Gasteiger partial charge in [0, 0.05) is 12.5 Å². The van der Waals surface area contributed by atoms with Crippen LogP contribution in [-0.2, 0) is 16.0 Å². The van der Waals surface area contributed by atoms with E-state index in [4.69, 9.17) is 0 Å². The van der Waals surface area contributed by atoms with Crippen LogP contribution in [-0.4, -0.2) is 24.7 Å². The first-order valence-electron chi connectivity index (χ1n) is 6.82. The van der Waals surface area contributed by atoms with E-state index >= 15 is 0 Å². The Morgan fingerprint density at radius 2 is 2.37 bits per heavy atom. The summed E-state index contributed by atoms with van der Waals surface area (Å²) >= 11 is 0. The predicted octanol–water partition coefficient (Wildman–Crippen LogP) is 2.31. The first kappa shape index (κ1) is 13.9. The van der Waals surface area contributed by atoms with E-state index in [1.807, 2.05) is 12.1 Å². The van der Waals surface area contributed by atoms with Crippen molar-refractivity contribution in [3.05, 3.63) is 29.3 Å². The zero-order chi connectivity index (χ0) is 13.7. The molecule has 0 fully saturated rings. The second-order valence-electron chi connectivity index (χ2n) is 4.96. The van der Waals surface area contributed by atoms with Crippen LogP contribution in [0.5, 0.6) is 5.75 Å². The van der Waals surface area contributed by atoms with Gasteiger partial charge in [0.15, 0.2) is 0 Å². The van der Waals surface area contributed by atoms with E-state index in [-0.39, 0.29) is 5.97 Å². The first-order chi connectivity index (χ1) is 9.20. The second kappa shape index (κ2) is 6.57. The molecule has 19 heavy (non-hydrogen) atoms. The van der Waals surface area contributed by atoms with Gasteiger partial charge in [-0.05, 0) is 55.5 Å². The molecule has 0 heterocycles. The maximum atomic E-state index is 11.0. The van der Waals surface area contributed by atoms with Crippen molar-refractivity contribution in [2.75, 3.05) is 13.7 Å². The third kappa shape index (κ3) is 3.70. The Kier molecular flexibility index (Phi) is 4.80. The number of carbonyl (C=O) groups is 1. The Bertz CT molecular complexity index is 445. The van der Waals surface area contributed by atoms with Crippen LogP contribution in [0, 0.1) is 0 Å². The molecule has 1 aromatic rings. The summed E-state index contributed by atoms with van der Waals surface area (Å²) in [5.74, 6) is 0.181. The van der Waals surface area contributed by atoms with Gasteiger partial charge in [-0.3, -0.25) is 4.79 Å². The first-order valence-corrected chi connectivity index (χ1v) is 6.82. The van der Waals surface area contributed by atoms with Gasteiger partial charge in [-0.25, -0.2) is 0 Å². The molecule has 0 radical (unpaired) electrons. The summed E-state index contributed by atoms with van der Waals surface area (Å²) in [5, 5.41) is 13.0. The molecule has 4 heteroatoms. The molecule has 1 aromatic carbocycles. The molecule has 0 amide bonds. The van der Waals surface area contributed by atoms with Gasteiger partial charge in [0.2, 0.25) is 0 Å². The van der Waals surface area contributed by atoms with Crippen molar-refractivity contribution in [2.24, 2.45) is 0 Å². The molecule has 0 spiro atoms. The lowest BCUT2D eigenvalue weighted by Crippen LogP contribution is -2.26. The van der Waals surface area contributed by atoms with Crippen molar-refractivity contribution in [3.63, 3.8) is 0 Å². The average Bonchev–Trinajstić information content (AvgIpc) is 2.42. The molecule has 1 aliphatic carbocycles. The number of hydrogen-bond acceptors (Lipinski definition) is 4. The third-order valence-corrected chi connectivity index (χ3v) is 3.62. The zero-order valence-electron chi connectivity index (χ0n) is 11.3. The molecule has 0 saturated carbocycles. The SMILES string of the molecule is COC(=O)CCCNC1CCCc2cc(O)ccc21. The van der Waals surface area contributed by atoms with Crippen LogP contribution in [0.1, 0.15) is 42.9 Å². The highest BCUT2D eigenvalue weighted by Gasteiger charge is 2.19. The number of phenolic OH excluding ortho intramolecular Hbond substituents is 1. The van der Waals surface area contributed by atoms with Gasteiger partial charge in [-0.1, -0.05) is 6.07 Å². The van der Waals surface area contributed by atoms with Crippen molar-refractivity contribution in [3.8, 4) is 5.75 Å². The summed E-state index contributed by atoms with van der Waals surface area (Å²) < 4.78 is 4.62. The minimum absolute atomic E-state index is 0.157. The number of aryl methyl sites for hydroxylation is 1. The molecule has 1 aliphatic rings. The number of esters is 1. The van der Waals surface area contributed by atoms with Gasteiger partial charge in [0.1, 0.15) is 5.75 Å². The normalized spacial score (nSPS) is 17.8. The van der Waals surface area contributed by atoms with E-state index in [9.17, 15) is 9.90 Å². The van der Waals surface area contributed by atoms with Gasteiger partial charge >= 0.3 is 5.97 Å². The topological polar surface area (TPSA) is 58.6 Å². The van der Waals surface area contributed by atoms with Crippen LogP contribution in [0.4, 0.5) is 0 Å². The number of phenols is 1. The molecular formula is C15H21NO3. The van der Waals surface area contributed by atoms with Crippen LogP contribution in [0.25, 0.3) is 0 Å². The fraction of sp³-hybridized carbons (Fsp3) is 0.533. The summed E-state index contributed by atoms with van der Waals surface area (Å²) in [7, 11) is 1.42. The highest BCUT2D eigenvalue weighted by Crippen LogP contribution is 2.31. The van der Waals surface area contributed by atoms with E-state index in [0.717, 1.165) is 32.2 Å². The van der Waals surface area contributed by atoms with E-state index in [1.165, 1.54) is 18.2 Å². The van der Waals surface area contributed by atoms with Gasteiger partial charge in [0.25, 0.3) is 0 Å². The molecule has 0 saturated heterocycles. The maximum Gasteiger partial charge on any atom is 0.305 e. The monoisotopic (exact) mass is 263 g/mol. The third-order valence-electron chi connectivity index (χ3n) is 3.62. The highest BCUT2D eigenvalue weighted by molar-refractivity contribution is 5.69. The van der Waals surface area contributed by atoms with Gasteiger partial charge in [0.05, 0.1) is 7.11 Å². The van der Waals surface area contributed by atoms with Gasteiger partial charge < -0.3 is 15.2 Å². The molecule has 1 unspecified atom stereocenters. The molecule has 0 aliphatic heterocycles. The Morgan fingerprint density at radius 1 is 1.53 bits per heavy atom. The number of aromatic hydroxyl groups is 1. The number of rotatable bonds is 5. The standard InChI is InChI=1S/C15H21NO3/c1-19-15(18)6-3-9-16-14-5-2-4-11-10-12(17)7-8-13(11)14/h7-8,10,14,16-17H,2-6,9H2,1H3. The Hall–Kier alpha value is -1.55. The number of methoxy groups -OCH3 is 1. The Balaban J connectivity index is 1.87. The number of carbonyl (C=O) groups excluding carboxylic acids is 1. The van der Waals surface area contributed by atoms with Crippen molar-refractivity contribution < 1.29 is 14.6 Å². The summed E-state index contributed by atoms with van der Waals surface area (Å²) in [4.78, 5) is 11.0. The predicted molar refractivity (Wildman–Crippen MR) is 73.0 cm³/mol. The molecule has 1 atom stereocenters. The zero-order valence-corrected chi connectivity index (χ0v) is 11.3. The molecular weight excluding hydrogens is 242 g/mol. The summed E-state index contributed by atoms with van der Waals surface area (Å²) in [6.45, 7) is 0.806. The van der Waals surface area contributed by atoms with Gasteiger partial charge in [-0.15, -0.1) is 0 Å². The summed E-state index contributed by atoms with van der Waals surface area (Å²) in [6.07, 6.45) is 4.51. The number of ether oxygens (including phenoxy) is 1. The summed E-state index contributed by atoms with van der Waals surface area (Å²) in [6, 6.07) is 5.94. The average molecular weight is 263 g/mol. The second-order valence-corrected chi connectivity index (χ2v) is 4.96. The maximum absolute atomic E-state index is 11.0. The number of benzene rings is 1. The largest absolute Gasteiger partial charge is 0.508 e. The van der Waals surface area contributed by atoms with E-state index in [0.29, 0.717) is 18.2 Å². The van der Waals surface area contributed by atoms with E-state index in [2.05, 4.69) is 10.1 Å². The fourth-order valence-electron chi connectivity index (χ4n) is 2.62. The number of nitrogens with one attached hydrogen (secondary N) is 1. The quantitative estimate of drug-likeness (QED) is 0.632. The summed E-state index contributed by atoms with van der Waals surface area (Å²) in [5.41, 5.74) is 2.51. The van der Waals surface area contributed by atoms with E-state index < -0.39 is 0 Å². The van der Waals surface area contributed by atoms with Crippen molar-refractivity contribution in [2.45, 2.75) is 38.1 Å². The van der Waals surface area contributed by atoms with Crippen LogP contribution < -0.4 is 5.32 Å². The Morgan fingerprint density at radius 3 is 3.16 bits per heavy atom. The molecule has 2 rings (SSSR count). The van der Waals surface area contributed by atoms with E-state index in [1.54, 1.807) is 6.07 Å². The van der Waals surface area contributed by atoms with Crippen LogP contribution in [0.15, 0.2) is 18.2 Å². The molecule has 0 bridgehead atoms. The van der Waals surface area contributed by atoms with Crippen LogP contribution in [0.3, 0.4) is 0 Å². The fourth-order valence-corrected chi connectivity index (χ4v) is 2.62. The van der Waals surface area contributed by atoms with Crippen molar-refractivity contribution >= 4 is 5.97 Å². The lowest BCUT2D eigenvalue weighted by atomic mass is 9.87. The lowest BCUT2D eigenvalue weighted by molar-refractivity contribution is -0.140. The molecule has 2 N–H and O–H groups in total. The van der Waals surface area contributed by atoms with Crippen LogP contribution in [0.2, 0.25) is 0 Å². The van der Waals surface area contributed by atoms with Crippen molar-refractivity contribution in [1.29, 1.82) is 0 Å². The van der Waals surface area contributed by atoms with Gasteiger partial charge in [-0.2, -0.15) is 0 Å². The molecule has 0 aromatic heterocycles. The highest BCUT2D eigenvalue weighted by atomic mass is 16.5. The minimum atomic E-state index is -0.157. The van der Waals surface area contributed by atoms with Crippen LogP contribution >= 0.6 is 0 Å². The lowest BCUT2D eigenvalue weighted by Gasteiger charge is -2.26. The smallest absolute Gasteiger partial charge is 0.305 e. The Labute approximate surface area is 113 Å². The van der Waals surface area contributed by atoms with Crippen molar-refractivity contribution in [1.82, 2.24) is 5.32 Å².